The molecular weight excluding hydrogens is 570 g/mol. The molecule has 1 heterocycles. The van der Waals surface area contributed by atoms with Gasteiger partial charge in [-0.05, 0) is 64.7 Å². The van der Waals surface area contributed by atoms with Crippen molar-refractivity contribution < 1.29 is 19.4 Å². The number of ether oxygens (including phenoxy) is 2. The first-order valence-corrected chi connectivity index (χ1v) is 14.9. The Morgan fingerprint density at radius 3 is 1.98 bits per heavy atom. The summed E-state index contributed by atoms with van der Waals surface area (Å²) in [5.41, 5.74) is 6.88. The number of hydrogen-bond acceptors (Lipinski definition) is 3. The second kappa shape index (κ2) is 13.6. The van der Waals surface area contributed by atoms with E-state index in [1.165, 1.54) is 0 Å². The van der Waals surface area contributed by atoms with E-state index in [0.717, 1.165) is 38.9 Å². The maximum absolute atomic E-state index is 11.3. The molecule has 1 aromatic heterocycles. The fraction of sp³-hybridized carbons (Fsp3) is 0.132. The summed E-state index contributed by atoms with van der Waals surface area (Å²) in [4.78, 5) is 11.3. The van der Waals surface area contributed by atoms with E-state index >= 15 is 0 Å². The van der Waals surface area contributed by atoms with Gasteiger partial charge >= 0.3 is 5.97 Å². The first-order valence-electron chi connectivity index (χ1n) is 14.6. The number of aromatic carboxylic acids is 1. The van der Waals surface area contributed by atoms with Gasteiger partial charge in [0.25, 0.3) is 0 Å². The molecule has 0 fully saturated rings. The van der Waals surface area contributed by atoms with Crippen molar-refractivity contribution in [2.75, 3.05) is 6.61 Å². The second-order valence-electron chi connectivity index (χ2n) is 10.6. The van der Waals surface area contributed by atoms with Crippen LogP contribution < -0.4 is 4.74 Å². The largest absolute Gasteiger partial charge is 0.493 e. The van der Waals surface area contributed by atoms with E-state index in [1.54, 1.807) is 24.3 Å². The highest BCUT2D eigenvalue weighted by Crippen LogP contribution is 2.38. The molecule has 0 aliphatic rings. The third-order valence-electron chi connectivity index (χ3n) is 7.74. The monoisotopic (exact) mass is 601 g/mol. The van der Waals surface area contributed by atoms with E-state index in [9.17, 15) is 9.90 Å². The van der Waals surface area contributed by atoms with Gasteiger partial charge in [0.2, 0.25) is 0 Å². The Labute approximate surface area is 261 Å². The summed E-state index contributed by atoms with van der Waals surface area (Å²) in [6.45, 7) is 1.27. The van der Waals surface area contributed by atoms with Crippen LogP contribution in [0.2, 0.25) is 5.02 Å². The summed E-state index contributed by atoms with van der Waals surface area (Å²) in [7, 11) is 0. The molecule has 0 radical (unpaired) electrons. The molecule has 0 saturated carbocycles. The van der Waals surface area contributed by atoms with Crippen molar-refractivity contribution in [3.8, 4) is 5.75 Å². The van der Waals surface area contributed by atoms with Crippen LogP contribution in [0, 0.1) is 0 Å². The molecular formula is C38H32ClNO4. The van der Waals surface area contributed by atoms with Crippen molar-refractivity contribution in [1.82, 2.24) is 4.57 Å². The zero-order chi connectivity index (χ0) is 30.3. The van der Waals surface area contributed by atoms with Crippen molar-refractivity contribution in [3.63, 3.8) is 0 Å². The predicted octanol–water partition coefficient (Wildman–Crippen LogP) is 8.97. The number of aromatic nitrogens is 1. The molecule has 0 aliphatic carbocycles. The number of nitrogens with zero attached hydrogens (tertiary/aromatic N) is 1. The number of rotatable bonds is 12. The molecule has 5 nitrogen and oxygen atoms in total. The van der Waals surface area contributed by atoms with Crippen LogP contribution in [0.25, 0.3) is 10.9 Å². The molecule has 220 valence electrons. The number of hydrogen-bond donors (Lipinski definition) is 1. The molecule has 0 unspecified atom stereocenters. The average molecular weight is 602 g/mol. The lowest BCUT2D eigenvalue weighted by molar-refractivity contribution is 0.0697. The minimum Gasteiger partial charge on any atom is -0.493 e. The Morgan fingerprint density at radius 2 is 1.36 bits per heavy atom. The molecule has 1 N–H and O–H groups in total. The Morgan fingerprint density at radius 1 is 0.750 bits per heavy atom. The van der Waals surface area contributed by atoms with Gasteiger partial charge in [-0.25, -0.2) is 4.79 Å². The number of carbonyl (C=O) groups is 1. The zero-order valence-electron chi connectivity index (χ0n) is 24.1. The third kappa shape index (κ3) is 6.55. The lowest BCUT2D eigenvalue weighted by Gasteiger charge is -2.25. The Hall–Kier alpha value is -4.84. The number of carboxylic acid groups (broad SMARTS) is 1. The van der Waals surface area contributed by atoms with Crippen molar-refractivity contribution in [2.45, 2.75) is 25.7 Å². The zero-order valence-corrected chi connectivity index (χ0v) is 24.9. The molecule has 6 aromatic rings. The standard InChI is InChI=1S/C38H32ClNO4/c39-31-18-21-35-34(24-31)33(22-23-44-32-19-16-30(17-20-32)38(41)42)36(26-43-25-27-10-4-1-5-11-27)40(35)37(28-12-6-2-7-13-28)29-14-8-3-9-15-29/h1-21,24,37H,22-23,25-26H2,(H,41,42). The van der Waals surface area contributed by atoms with Crippen molar-refractivity contribution in [3.05, 3.63) is 172 Å². The van der Waals surface area contributed by atoms with E-state index in [0.29, 0.717) is 37.0 Å². The minimum atomic E-state index is -0.965. The number of halogens is 1. The summed E-state index contributed by atoms with van der Waals surface area (Å²) in [5, 5.41) is 11.0. The summed E-state index contributed by atoms with van der Waals surface area (Å²) in [5.74, 6) is -0.349. The Balaban J connectivity index is 1.43. The van der Waals surface area contributed by atoms with Gasteiger partial charge < -0.3 is 19.1 Å². The van der Waals surface area contributed by atoms with E-state index in [-0.39, 0.29) is 11.6 Å². The molecule has 5 aromatic carbocycles. The number of carboxylic acids is 1. The van der Waals surface area contributed by atoms with E-state index in [1.807, 2.05) is 42.5 Å². The summed E-state index contributed by atoms with van der Waals surface area (Å²) >= 11 is 6.60. The van der Waals surface area contributed by atoms with Crippen LogP contribution in [0.4, 0.5) is 0 Å². The summed E-state index contributed by atoms with van der Waals surface area (Å²) in [6.07, 6.45) is 0.602. The fourth-order valence-corrected chi connectivity index (χ4v) is 5.87. The summed E-state index contributed by atoms with van der Waals surface area (Å²) < 4.78 is 14.9. The third-order valence-corrected chi connectivity index (χ3v) is 7.98. The molecule has 6 heteroatoms. The quantitative estimate of drug-likeness (QED) is 0.152. The maximum atomic E-state index is 11.3. The van der Waals surface area contributed by atoms with Crippen LogP contribution in [-0.4, -0.2) is 22.2 Å². The van der Waals surface area contributed by atoms with Crippen molar-refractivity contribution >= 4 is 28.5 Å². The van der Waals surface area contributed by atoms with Gasteiger partial charge in [-0.3, -0.25) is 0 Å². The van der Waals surface area contributed by atoms with Crippen LogP contribution in [0.15, 0.2) is 133 Å². The molecule has 44 heavy (non-hydrogen) atoms. The predicted molar refractivity (Wildman–Crippen MR) is 175 cm³/mol. The number of fused-ring (bicyclic) bond motifs is 1. The van der Waals surface area contributed by atoms with Crippen molar-refractivity contribution in [1.29, 1.82) is 0 Å². The van der Waals surface area contributed by atoms with Gasteiger partial charge in [-0.2, -0.15) is 0 Å². The van der Waals surface area contributed by atoms with Gasteiger partial charge in [0.05, 0.1) is 31.4 Å². The van der Waals surface area contributed by atoms with E-state index < -0.39 is 5.97 Å². The first-order chi connectivity index (χ1) is 21.6. The highest BCUT2D eigenvalue weighted by molar-refractivity contribution is 6.31. The topological polar surface area (TPSA) is 60.7 Å². The summed E-state index contributed by atoms with van der Waals surface area (Å²) in [6, 6.07) is 43.6. The SMILES string of the molecule is O=C(O)c1ccc(OCCc2c(COCc3ccccc3)n(C(c3ccccc3)c3ccccc3)c3ccc(Cl)cc23)cc1. The highest BCUT2D eigenvalue weighted by Gasteiger charge is 2.26. The van der Waals surface area contributed by atoms with Crippen LogP contribution in [0.5, 0.6) is 5.75 Å². The Kier molecular flexibility index (Phi) is 9.06. The number of benzene rings is 5. The lowest BCUT2D eigenvalue weighted by Crippen LogP contribution is -2.17. The van der Waals surface area contributed by atoms with E-state index in [4.69, 9.17) is 21.1 Å². The second-order valence-corrected chi connectivity index (χ2v) is 11.0. The van der Waals surface area contributed by atoms with Gasteiger partial charge in [-0.1, -0.05) is 103 Å². The molecule has 0 spiro atoms. The fourth-order valence-electron chi connectivity index (χ4n) is 5.70. The average Bonchev–Trinajstić information content (AvgIpc) is 3.34. The molecule has 0 saturated heterocycles. The Bertz CT molecular complexity index is 1800. The van der Waals surface area contributed by atoms with Crippen LogP contribution in [-0.2, 0) is 24.4 Å². The molecule has 0 bridgehead atoms. The molecule has 6 rings (SSSR count). The maximum Gasteiger partial charge on any atom is 0.335 e. The van der Waals surface area contributed by atoms with Crippen LogP contribution in [0.3, 0.4) is 0 Å². The first kappa shape index (κ1) is 29.2. The molecule has 0 aliphatic heterocycles. The van der Waals surface area contributed by atoms with Gasteiger partial charge in [0.1, 0.15) is 5.75 Å². The lowest BCUT2D eigenvalue weighted by atomic mass is 9.98. The van der Waals surface area contributed by atoms with E-state index in [2.05, 4.69) is 71.3 Å². The molecule has 0 atom stereocenters. The minimum absolute atomic E-state index is 0.102. The van der Waals surface area contributed by atoms with Gasteiger partial charge in [-0.15, -0.1) is 0 Å². The smallest absolute Gasteiger partial charge is 0.335 e. The highest BCUT2D eigenvalue weighted by atomic mass is 35.5. The normalized spacial score (nSPS) is 11.2. The van der Waals surface area contributed by atoms with Crippen LogP contribution >= 0.6 is 11.6 Å². The molecule has 0 amide bonds. The van der Waals surface area contributed by atoms with Gasteiger partial charge in [0, 0.05) is 28.0 Å². The van der Waals surface area contributed by atoms with Crippen LogP contribution in [0.1, 0.15) is 44.3 Å². The van der Waals surface area contributed by atoms with Gasteiger partial charge in [0.15, 0.2) is 0 Å². The van der Waals surface area contributed by atoms with Crippen molar-refractivity contribution in [2.24, 2.45) is 0 Å².